The van der Waals surface area contributed by atoms with Crippen molar-refractivity contribution in [3.8, 4) is 0 Å². The summed E-state index contributed by atoms with van der Waals surface area (Å²) in [4.78, 5) is 10.2. The van der Waals surface area contributed by atoms with Crippen molar-refractivity contribution in [2.24, 2.45) is 0 Å². The SMILES string of the molecule is CC(C)N(Cc1ccccc1)c1nc(Cl)ncc1N. The Bertz CT molecular complexity index is 542. The number of hydrogen-bond donors (Lipinski definition) is 1. The lowest BCUT2D eigenvalue weighted by Gasteiger charge is -2.28. The van der Waals surface area contributed by atoms with E-state index < -0.39 is 0 Å². The van der Waals surface area contributed by atoms with Crippen LogP contribution in [-0.4, -0.2) is 16.0 Å². The molecule has 2 aromatic rings. The molecule has 0 saturated carbocycles. The molecule has 2 N–H and O–H groups in total. The predicted octanol–water partition coefficient (Wildman–Crippen LogP) is 3.13. The third-order valence-corrected chi connectivity index (χ3v) is 3.04. The minimum Gasteiger partial charge on any atom is -0.394 e. The van der Waals surface area contributed by atoms with E-state index in [1.165, 1.54) is 5.56 Å². The summed E-state index contributed by atoms with van der Waals surface area (Å²) in [6.07, 6.45) is 1.55. The fraction of sp³-hybridized carbons (Fsp3) is 0.286. The van der Waals surface area contributed by atoms with Crippen molar-refractivity contribution in [2.75, 3.05) is 10.6 Å². The van der Waals surface area contributed by atoms with Crippen LogP contribution in [0, 0.1) is 0 Å². The highest BCUT2D eigenvalue weighted by atomic mass is 35.5. The number of halogens is 1. The van der Waals surface area contributed by atoms with Gasteiger partial charge < -0.3 is 10.6 Å². The molecule has 2 rings (SSSR count). The zero-order valence-electron chi connectivity index (χ0n) is 11.0. The lowest BCUT2D eigenvalue weighted by molar-refractivity contribution is 0.672. The number of benzene rings is 1. The second kappa shape index (κ2) is 5.89. The molecule has 1 aromatic carbocycles. The molecule has 0 aliphatic heterocycles. The molecule has 1 heterocycles. The Kier molecular flexibility index (Phi) is 4.22. The van der Waals surface area contributed by atoms with Crippen molar-refractivity contribution in [1.82, 2.24) is 9.97 Å². The van der Waals surface area contributed by atoms with Crippen LogP contribution >= 0.6 is 11.6 Å². The summed E-state index contributed by atoms with van der Waals surface area (Å²) in [5.41, 5.74) is 7.69. The quantitative estimate of drug-likeness (QED) is 0.872. The summed E-state index contributed by atoms with van der Waals surface area (Å²) in [7, 11) is 0. The third kappa shape index (κ3) is 3.35. The van der Waals surface area contributed by atoms with Crippen molar-refractivity contribution < 1.29 is 0 Å². The number of nitrogens with zero attached hydrogens (tertiary/aromatic N) is 3. The number of nitrogen functional groups attached to an aromatic ring is 1. The van der Waals surface area contributed by atoms with Gasteiger partial charge >= 0.3 is 0 Å². The number of aromatic nitrogens is 2. The van der Waals surface area contributed by atoms with Gasteiger partial charge in [-0.05, 0) is 31.0 Å². The lowest BCUT2D eigenvalue weighted by atomic mass is 10.2. The van der Waals surface area contributed by atoms with E-state index >= 15 is 0 Å². The Labute approximate surface area is 118 Å². The highest BCUT2D eigenvalue weighted by Crippen LogP contribution is 2.24. The Morgan fingerprint density at radius 3 is 2.58 bits per heavy atom. The first-order valence-corrected chi connectivity index (χ1v) is 6.54. The molecule has 5 heteroatoms. The van der Waals surface area contributed by atoms with Gasteiger partial charge in [0, 0.05) is 12.6 Å². The minimum atomic E-state index is 0.211. The van der Waals surface area contributed by atoms with Crippen molar-refractivity contribution >= 4 is 23.1 Å². The summed E-state index contributed by atoms with van der Waals surface area (Å²) >= 11 is 5.86. The lowest BCUT2D eigenvalue weighted by Crippen LogP contribution is -2.31. The molecule has 0 fully saturated rings. The molecule has 0 atom stereocenters. The van der Waals surface area contributed by atoms with Gasteiger partial charge in [-0.2, -0.15) is 4.98 Å². The summed E-state index contributed by atoms with van der Waals surface area (Å²) in [5.74, 6) is 0.679. The summed E-state index contributed by atoms with van der Waals surface area (Å²) in [5, 5.41) is 0.211. The molecule has 0 amide bonds. The van der Waals surface area contributed by atoms with Crippen LogP contribution in [0.1, 0.15) is 19.4 Å². The maximum absolute atomic E-state index is 5.96. The molecule has 0 unspecified atom stereocenters. The van der Waals surface area contributed by atoms with Crippen LogP contribution in [0.5, 0.6) is 0 Å². The van der Waals surface area contributed by atoms with E-state index in [1.54, 1.807) is 6.20 Å². The molecule has 0 aliphatic rings. The van der Waals surface area contributed by atoms with Gasteiger partial charge in [0.1, 0.15) is 0 Å². The van der Waals surface area contributed by atoms with E-state index in [1.807, 2.05) is 18.2 Å². The predicted molar refractivity (Wildman–Crippen MR) is 79.2 cm³/mol. The highest BCUT2D eigenvalue weighted by molar-refractivity contribution is 6.28. The Morgan fingerprint density at radius 1 is 1.26 bits per heavy atom. The first-order chi connectivity index (χ1) is 9.08. The molecule has 0 radical (unpaired) electrons. The molecular weight excluding hydrogens is 260 g/mol. The van der Waals surface area contributed by atoms with E-state index in [9.17, 15) is 0 Å². The van der Waals surface area contributed by atoms with Crippen LogP contribution in [0.4, 0.5) is 11.5 Å². The van der Waals surface area contributed by atoms with Crippen molar-refractivity contribution in [3.63, 3.8) is 0 Å². The molecule has 4 nitrogen and oxygen atoms in total. The van der Waals surface area contributed by atoms with Gasteiger partial charge in [0.2, 0.25) is 5.28 Å². The average molecular weight is 277 g/mol. The summed E-state index contributed by atoms with van der Waals surface area (Å²) < 4.78 is 0. The standard InChI is InChI=1S/C14H17ClN4/c1-10(2)19(9-11-6-4-3-5-7-11)13-12(16)8-17-14(15)18-13/h3-8,10H,9,16H2,1-2H3. The maximum atomic E-state index is 5.96. The molecule has 0 spiro atoms. The minimum absolute atomic E-state index is 0.211. The third-order valence-electron chi connectivity index (χ3n) is 2.86. The van der Waals surface area contributed by atoms with Gasteiger partial charge in [-0.1, -0.05) is 30.3 Å². The first-order valence-electron chi connectivity index (χ1n) is 6.16. The second-order valence-electron chi connectivity index (χ2n) is 4.63. The number of hydrogen-bond acceptors (Lipinski definition) is 4. The fourth-order valence-corrected chi connectivity index (χ4v) is 2.00. The van der Waals surface area contributed by atoms with Gasteiger partial charge in [-0.15, -0.1) is 0 Å². The smallest absolute Gasteiger partial charge is 0.224 e. The number of nitrogens with two attached hydrogens (primary N) is 1. The van der Waals surface area contributed by atoms with E-state index in [2.05, 4.69) is 40.8 Å². The summed E-state index contributed by atoms with van der Waals surface area (Å²) in [6.45, 7) is 4.92. The molecule has 0 saturated heterocycles. The van der Waals surface area contributed by atoms with Crippen LogP contribution in [0.25, 0.3) is 0 Å². The van der Waals surface area contributed by atoms with Crippen molar-refractivity contribution in [1.29, 1.82) is 0 Å². The van der Waals surface area contributed by atoms with Gasteiger partial charge in [-0.3, -0.25) is 0 Å². The van der Waals surface area contributed by atoms with Crippen molar-refractivity contribution in [3.05, 3.63) is 47.4 Å². The maximum Gasteiger partial charge on any atom is 0.224 e. The van der Waals surface area contributed by atoms with Crippen LogP contribution in [0.3, 0.4) is 0 Å². The van der Waals surface area contributed by atoms with Crippen molar-refractivity contribution in [2.45, 2.75) is 26.4 Å². The Morgan fingerprint density at radius 2 is 1.95 bits per heavy atom. The Balaban J connectivity index is 2.32. The molecule has 0 bridgehead atoms. The fourth-order valence-electron chi connectivity index (χ4n) is 1.87. The monoisotopic (exact) mass is 276 g/mol. The van der Waals surface area contributed by atoms with Gasteiger partial charge in [0.25, 0.3) is 0 Å². The first kappa shape index (κ1) is 13.6. The van der Waals surface area contributed by atoms with Gasteiger partial charge in [0.05, 0.1) is 11.9 Å². The molecule has 19 heavy (non-hydrogen) atoms. The van der Waals surface area contributed by atoms with Gasteiger partial charge in [0.15, 0.2) is 5.82 Å². The summed E-state index contributed by atoms with van der Waals surface area (Å²) in [6, 6.07) is 10.4. The normalized spacial score (nSPS) is 10.7. The second-order valence-corrected chi connectivity index (χ2v) is 4.96. The molecular formula is C14H17ClN4. The van der Waals surface area contributed by atoms with E-state index in [0.29, 0.717) is 11.5 Å². The van der Waals surface area contributed by atoms with E-state index in [-0.39, 0.29) is 11.3 Å². The van der Waals surface area contributed by atoms with E-state index in [0.717, 1.165) is 6.54 Å². The van der Waals surface area contributed by atoms with Crippen LogP contribution < -0.4 is 10.6 Å². The van der Waals surface area contributed by atoms with Crippen LogP contribution in [0.2, 0.25) is 5.28 Å². The van der Waals surface area contributed by atoms with Gasteiger partial charge in [-0.25, -0.2) is 4.98 Å². The number of anilines is 2. The highest BCUT2D eigenvalue weighted by Gasteiger charge is 2.16. The zero-order chi connectivity index (χ0) is 13.8. The molecule has 0 aliphatic carbocycles. The molecule has 100 valence electrons. The number of rotatable bonds is 4. The average Bonchev–Trinajstić information content (AvgIpc) is 2.40. The van der Waals surface area contributed by atoms with Crippen LogP contribution in [-0.2, 0) is 6.54 Å². The largest absolute Gasteiger partial charge is 0.394 e. The topological polar surface area (TPSA) is 55.0 Å². The molecule has 1 aromatic heterocycles. The van der Waals surface area contributed by atoms with E-state index in [4.69, 9.17) is 17.3 Å². The van der Waals surface area contributed by atoms with Crippen LogP contribution in [0.15, 0.2) is 36.5 Å². The Hall–Kier alpha value is -1.81. The zero-order valence-corrected chi connectivity index (χ0v) is 11.8.